The molecule has 0 amide bonds. The molecule has 64 heavy (non-hydrogen) atoms. The van der Waals surface area contributed by atoms with E-state index in [1.54, 1.807) is 0 Å². The van der Waals surface area contributed by atoms with Crippen LogP contribution in [0.5, 0.6) is 0 Å². The highest BCUT2D eigenvalue weighted by molar-refractivity contribution is 6.45. The summed E-state index contributed by atoms with van der Waals surface area (Å²) in [7, 11) is 0. The number of nitrogens with one attached hydrogen (secondary N) is 2. The zero-order chi connectivity index (χ0) is 42.1. The second kappa shape index (κ2) is 14.6. The lowest BCUT2D eigenvalue weighted by molar-refractivity contribution is 0.887. The van der Waals surface area contributed by atoms with Gasteiger partial charge in [0.25, 0.3) is 0 Å². The SMILES string of the molecule is C1=CC2=C3NC(=C(c4ccccc4)C4=NC(=C(c5ccccc5)C5=NC(=C(c6ccccc6)C6=C7C=CC=CC7C(=C3c3ccccc3)N6)c3ccccc35)c3ccccc34)C2C=C1. The highest BCUT2D eigenvalue weighted by atomic mass is 15.0. The van der Waals surface area contributed by atoms with E-state index in [1.165, 1.54) is 11.1 Å². The molecule has 4 heteroatoms. The van der Waals surface area contributed by atoms with Gasteiger partial charge < -0.3 is 10.6 Å². The first kappa shape index (κ1) is 36.3. The minimum absolute atomic E-state index is 0.0438. The summed E-state index contributed by atoms with van der Waals surface area (Å²) in [4.78, 5) is 11.8. The van der Waals surface area contributed by atoms with Crippen LogP contribution in [0.15, 0.2) is 262 Å². The molecule has 8 bridgehead atoms. The average Bonchev–Trinajstić information content (AvgIpc) is 4.14. The van der Waals surface area contributed by atoms with Crippen molar-refractivity contribution < 1.29 is 0 Å². The second-order valence-electron chi connectivity index (χ2n) is 16.9. The summed E-state index contributed by atoms with van der Waals surface area (Å²) in [6, 6.07) is 60.7. The quantitative estimate of drug-likeness (QED) is 0.186. The molecule has 0 saturated carbocycles. The van der Waals surface area contributed by atoms with Gasteiger partial charge in [-0.25, -0.2) is 9.98 Å². The molecule has 2 atom stereocenters. The molecule has 0 fully saturated rings. The Labute approximate surface area is 372 Å². The van der Waals surface area contributed by atoms with Crippen LogP contribution < -0.4 is 10.6 Å². The number of hydrogen-bond donors (Lipinski definition) is 2. The third-order valence-electron chi connectivity index (χ3n) is 13.3. The van der Waals surface area contributed by atoms with Crippen molar-refractivity contribution in [3.8, 4) is 0 Å². The van der Waals surface area contributed by atoms with E-state index in [0.717, 1.165) is 112 Å². The summed E-state index contributed by atoms with van der Waals surface area (Å²) in [6.45, 7) is 0. The molecule has 3 aliphatic carbocycles. The summed E-state index contributed by atoms with van der Waals surface area (Å²) < 4.78 is 0. The van der Waals surface area contributed by atoms with Gasteiger partial charge in [0.1, 0.15) is 0 Å². The average molecular weight is 817 g/mol. The van der Waals surface area contributed by atoms with E-state index in [1.807, 2.05) is 0 Å². The number of aliphatic imine (C=N–C) groups is 2. The van der Waals surface area contributed by atoms with Crippen LogP contribution in [0.25, 0.3) is 33.7 Å². The first-order valence-electron chi connectivity index (χ1n) is 22.1. The number of hydrogen-bond acceptors (Lipinski definition) is 4. The van der Waals surface area contributed by atoms with E-state index < -0.39 is 0 Å². The van der Waals surface area contributed by atoms with E-state index in [-0.39, 0.29) is 11.8 Å². The molecule has 0 saturated heterocycles. The lowest BCUT2D eigenvalue weighted by Crippen LogP contribution is -2.20. The summed E-state index contributed by atoms with van der Waals surface area (Å²) in [5.74, 6) is -0.0938. The summed E-state index contributed by atoms with van der Waals surface area (Å²) >= 11 is 0. The molecule has 4 heterocycles. The number of benzene rings is 6. The molecule has 7 aliphatic rings. The van der Waals surface area contributed by atoms with Crippen molar-refractivity contribution in [3.05, 3.63) is 297 Å². The molecule has 2 N–H and O–H groups in total. The predicted octanol–water partition coefficient (Wildman–Crippen LogP) is 12.8. The van der Waals surface area contributed by atoms with Crippen LogP contribution in [-0.2, 0) is 0 Å². The molecule has 6 aromatic rings. The third kappa shape index (κ3) is 5.56. The zero-order valence-electron chi connectivity index (χ0n) is 34.8. The Morgan fingerprint density at radius 3 is 1.19 bits per heavy atom. The molecule has 0 aromatic heterocycles. The predicted molar refractivity (Wildman–Crippen MR) is 263 cm³/mol. The van der Waals surface area contributed by atoms with Crippen molar-refractivity contribution in [2.75, 3.05) is 0 Å². The van der Waals surface area contributed by atoms with Crippen molar-refractivity contribution in [2.45, 2.75) is 0 Å². The van der Waals surface area contributed by atoms with Gasteiger partial charge >= 0.3 is 0 Å². The van der Waals surface area contributed by atoms with Gasteiger partial charge in [0.15, 0.2) is 0 Å². The fourth-order valence-electron chi connectivity index (χ4n) is 10.6. The lowest BCUT2D eigenvalue weighted by atomic mass is 9.84. The van der Waals surface area contributed by atoms with Crippen LogP contribution in [0.3, 0.4) is 0 Å². The van der Waals surface area contributed by atoms with Crippen LogP contribution in [0.1, 0.15) is 44.5 Å². The van der Waals surface area contributed by atoms with Crippen LogP contribution in [0, 0.1) is 11.8 Å². The van der Waals surface area contributed by atoms with E-state index in [2.05, 4.69) is 229 Å². The minimum atomic E-state index is -0.0500. The summed E-state index contributed by atoms with van der Waals surface area (Å²) in [5, 5.41) is 8.39. The van der Waals surface area contributed by atoms with E-state index in [4.69, 9.17) is 9.98 Å². The van der Waals surface area contributed by atoms with Gasteiger partial charge in [-0.05, 0) is 33.4 Å². The molecule has 0 radical (unpaired) electrons. The van der Waals surface area contributed by atoms with Crippen LogP contribution >= 0.6 is 0 Å². The fourth-order valence-corrected chi connectivity index (χ4v) is 10.6. The maximum Gasteiger partial charge on any atom is 0.0816 e. The highest BCUT2D eigenvalue weighted by Gasteiger charge is 2.41. The Hall–Kier alpha value is -8.34. The monoisotopic (exact) mass is 816 g/mol. The van der Waals surface area contributed by atoms with Gasteiger partial charge in [-0.2, -0.15) is 0 Å². The Morgan fingerprint density at radius 2 is 0.688 bits per heavy atom. The van der Waals surface area contributed by atoms with Gasteiger partial charge in [-0.3, -0.25) is 0 Å². The molecule has 0 spiro atoms. The molecule has 300 valence electrons. The van der Waals surface area contributed by atoms with Gasteiger partial charge in [0, 0.05) is 67.8 Å². The van der Waals surface area contributed by atoms with Crippen LogP contribution in [0.4, 0.5) is 0 Å². The van der Waals surface area contributed by atoms with Crippen LogP contribution in [0.2, 0.25) is 0 Å². The van der Waals surface area contributed by atoms with E-state index in [0.29, 0.717) is 0 Å². The van der Waals surface area contributed by atoms with E-state index in [9.17, 15) is 0 Å². The Morgan fingerprint density at radius 1 is 0.328 bits per heavy atom. The molecule has 4 aliphatic heterocycles. The molecule has 4 nitrogen and oxygen atoms in total. The topological polar surface area (TPSA) is 48.8 Å². The lowest BCUT2D eigenvalue weighted by Gasteiger charge is -2.22. The standard InChI is InChI=1S/C60H40N4/c1-5-21-37(22-6-1)49-53-41-29-13-15-31-43(41)55(61-53)50(38-23-7-2-8-24-38)57-45-33-17-19-35-47(45)59(63-57)52(40-27-11-4-12-28-40)60-48-36-20-18-34-46(48)58(64-60)51(39-25-9-3-10-26-39)56-44-32-16-14-30-42(44)54(49)62-56/h1-36,41,44,61-62H. The zero-order valence-corrected chi connectivity index (χ0v) is 34.8. The van der Waals surface area contributed by atoms with Gasteiger partial charge in [0.05, 0.1) is 34.2 Å². The number of rotatable bonds is 4. The fraction of sp³-hybridized carbons (Fsp3) is 0.0333. The second-order valence-corrected chi connectivity index (χ2v) is 16.9. The molecule has 2 unspecified atom stereocenters. The first-order chi connectivity index (χ1) is 31.8. The molecular formula is C60H40N4. The third-order valence-corrected chi connectivity index (χ3v) is 13.3. The van der Waals surface area contributed by atoms with Gasteiger partial charge in [-0.15, -0.1) is 0 Å². The Kier molecular flexibility index (Phi) is 8.31. The summed E-state index contributed by atoms with van der Waals surface area (Å²) in [6.07, 6.45) is 18.0. The van der Waals surface area contributed by atoms with Crippen molar-refractivity contribution in [2.24, 2.45) is 21.8 Å². The van der Waals surface area contributed by atoms with Gasteiger partial charge in [0.2, 0.25) is 0 Å². The molecule has 6 aromatic carbocycles. The maximum atomic E-state index is 5.89. The molecular weight excluding hydrogens is 777 g/mol. The number of allylic oxidation sites excluding steroid dienone is 12. The minimum Gasteiger partial charge on any atom is -0.357 e. The van der Waals surface area contributed by atoms with Gasteiger partial charge in [-0.1, -0.05) is 218 Å². The van der Waals surface area contributed by atoms with Crippen molar-refractivity contribution >= 4 is 45.1 Å². The highest BCUT2D eigenvalue weighted by Crippen LogP contribution is 2.52. The van der Waals surface area contributed by atoms with Crippen LogP contribution in [-0.4, -0.2) is 11.4 Å². The Bertz CT molecular complexity index is 3380. The largest absolute Gasteiger partial charge is 0.357 e. The maximum absolute atomic E-state index is 5.89. The van der Waals surface area contributed by atoms with Crippen molar-refractivity contribution in [3.63, 3.8) is 0 Å². The summed E-state index contributed by atoms with van der Waals surface area (Å²) in [5.41, 5.74) is 23.5. The smallest absolute Gasteiger partial charge is 0.0816 e. The Balaban J connectivity index is 1.24. The first-order valence-corrected chi connectivity index (χ1v) is 22.1. The van der Waals surface area contributed by atoms with E-state index >= 15 is 0 Å². The molecule has 13 rings (SSSR count). The normalized spacial score (nSPS) is 20.0. The van der Waals surface area contributed by atoms with Crippen molar-refractivity contribution in [1.82, 2.24) is 10.6 Å². The van der Waals surface area contributed by atoms with Crippen molar-refractivity contribution in [1.29, 1.82) is 0 Å². The number of nitrogens with zero attached hydrogens (tertiary/aromatic N) is 2.